The van der Waals surface area contributed by atoms with E-state index in [2.05, 4.69) is 114 Å². The van der Waals surface area contributed by atoms with E-state index in [0.717, 1.165) is 101 Å². The summed E-state index contributed by atoms with van der Waals surface area (Å²) in [4.78, 5) is 19.7. The molecule has 17 heteroatoms. The fourth-order valence-electron chi connectivity index (χ4n) is 9.37. The van der Waals surface area contributed by atoms with Gasteiger partial charge < -0.3 is 31.2 Å². The van der Waals surface area contributed by atoms with E-state index in [4.69, 9.17) is 45.3 Å². The molecule has 64 heavy (non-hydrogen) atoms. The average molecular weight is 865 g/mol. The van der Waals surface area contributed by atoms with Gasteiger partial charge in [0, 0.05) is 47.2 Å². The maximum absolute atomic E-state index is 6.47. The van der Waals surface area contributed by atoms with Crippen LogP contribution in [0.1, 0.15) is 119 Å². The minimum absolute atomic E-state index is 0.0180. The molecule has 0 radical (unpaired) electrons. The van der Waals surface area contributed by atoms with E-state index in [1.165, 1.54) is 0 Å². The van der Waals surface area contributed by atoms with E-state index < -0.39 is 0 Å². The fourth-order valence-corrected chi connectivity index (χ4v) is 9.37. The van der Waals surface area contributed by atoms with Crippen molar-refractivity contribution in [1.29, 1.82) is 0 Å². The largest absolute Gasteiger partial charge is 0.460 e. The second-order valence-electron chi connectivity index (χ2n) is 18.0. The highest BCUT2D eigenvalue weighted by atomic mass is 16.5. The molecule has 4 atom stereocenters. The highest BCUT2D eigenvalue weighted by molar-refractivity contribution is 5.82. The van der Waals surface area contributed by atoms with Gasteiger partial charge in [0.15, 0.2) is 24.0 Å². The number of anilines is 2. The van der Waals surface area contributed by atoms with Crippen molar-refractivity contribution in [2.24, 2.45) is 5.73 Å². The van der Waals surface area contributed by atoms with Crippen LogP contribution in [0.15, 0.2) is 73.3 Å². The first-order chi connectivity index (χ1) is 31.2. The second-order valence-corrected chi connectivity index (χ2v) is 18.0. The molecule has 2 aromatic carbocycles. The third-order valence-corrected chi connectivity index (χ3v) is 13.0. The van der Waals surface area contributed by atoms with Gasteiger partial charge in [0.1, 0.15) is 12.2 Å². The van der Waals surface area contributed by atoms with Gasteiger partial charge in [0.05, 0.1) is 41.6 Å². The minimum atomic E-state index is -0.134. The van der Waals surface area contributed by atoms with Gasteiger partial charge in [-0.25, -0.2) is 0 Å². The lowest BCUT2D eigenvalue weighted by atomic mass is 9.94. The average Bonchev–Trinajstić information content (AvgIpc) is 4.07. The maximum atomic E-state index is 6.47. The Labute approximate surface area is 371 Å². The zero-order valence-corrected chi connectivity index (χ0v) is 37.2. The van der Waals surface area contributed by atoms with Crippen LogP contribution in [0.25, 0.3) is 33.1 Å². The number of rotatable bonds is 14. The summed E-state index contributed by atoms with van der Waals surface area (Å²) in [6.07, 6.45) is 13.4. The van der Waals surface area contributed by atoms with Gasteiger partial charge in [-0.1, -0.05) is 51.1 Å². The molecule has 6 aromatic heterocycles. The molecule has 1 aliphatic carbocycles. The number of nitrogens with zero attached hydrogens (tertiary/aromatic N) is 10. The summed E-state index contributed by atoms with van der Waals surface area (Å²) in [6.45, 7) is 13.2. The Bertz CT molecular complexity index is 2910. The van der Waals surface area contributed by atoms with Gasteiger partial charge in [-0.2, -0.15) is 48.8 Å². The van der Waals surface area contributed by atoms with Gasteiger partial charge >= 0.3 is 12.0 Å². The van der Waals surface area contributed by atoms with Gasteiger partial charge in [-0.15, -0.1) is 0 Å². The van der Waals surface area contributed by atoms with Crippen LogP contribution in [0.3, 0.4) is 0 Å². The predicted octanol–water partition coefficient (Wildman–Crippen LogP) is 6.93. The number of fused-ring (bicyclic) bond motifs is 4. The molecule has 2 fully saturated rings. The number of benzene rings is 2. The molecule has 332 valence electrons. The number of para-hydroxylation sites is 1. The van der Waals surface area contributed by atoms with Crippen molar-refractivity contribution in [1.82, 2.24) is 54.7 Å². The maximum Gasteiger partial charge on any atom is 0.322 e. The number of hydrogen-bond acceptors (Lipinski definition) is 13. The number of hydrogen-bond donors (Lipinski definition) is 5. The molecular weight excluding hydrogens is 807 g/mol. The van der Waals surface area contributed by atoms with Crippen LogP contribution in [0.4, 0.5) is 11.9 Å². The van der Waals surface area contributed by atoms with Crippen molar-refractivity contribution in [2.45, 2.75) is 122 Å². The number of nitrogens with two attached hydrogens (primary N) is 1. The number of ether oxygens (including phenoxy) is 2. The van der Waals surface area contributed by atoms with Crippen LogP contribution < -0.4 is 35.7 Å². The smallest absolute Gasteiger partial charge is 0.322 e. The Morgan fingerprint density at radius 1 is 0.734 bits per heavy atom. The fraction of sp³-hybridized carbons (Fsp3) is 0.447. The first-order valence-electron chi connectivity index (χ1n) is 22.8. The first kappa shape index (κ1) is 41.5. The van der Waals surface area contributed by atoms with Crippen LogP contribution in [0, 0.1) is 0 Å². The predicted molar refractivity (Wildman–Crippen MR) is 246 cm³/mol. The summed E-state index contributed by atoms with van der Waals surface area (Å²) >= 11 is 0. The highest BCUT2D eigenvalue weighted by Crippen LogP contribution is 2.32. The van der Waals surface area contributed by atoms with Gasteiger partial charge in [-0.3, -0.25) is 5.10 Å². The van der Waals surface area contributed by atoms with E-state index in [1.54, 1.807) is 9.03 Å². The van der Waals surface area contributed by atoms with Crippen LogP contribution in [0.2, 0.25) is 0 Å². The second kappa shape index (κ2) is 17.6. The summed E-state index contributed by atoms with van der Waals surface area (Å²) in [5.74, 6) is 1.40. The van der Waals surface area contributed by atoms with Crippen LogP contribution >= 0.6 is 0 Å². The Kier molecular flexibility index (Phi) is 11.4. The number of aromatic amines is 1. The molecule has 1 saturated carbocycles. The third-order valence-electron chi connectivity index (χ3n) is 13.0. The first-order valence-corrected chi connectivity index (χ1v) is 22.8. The van der Waals surface area contributed by atoms with E-state index >= 15 is 0 Å². The highest BCUT2D eigenvalue weighted by Gasteiger charge is 2.27. The van der Waals surface area contributed by atoms with Gasteiger partial charge in [0.25, 0.3) is 0 Å². The van der Waals surface area contributed by atoms with E-state index in [-0.39, 0.29) is 42.2 Å². The molecule has 8 aromatic rings. The molecule has 0 amide bonds. The topological polar surface area (TPSA) is 199 Å². The van der Waals surface area contributed by atoms with Crippen LogP contribution in [0.5, 0.6) is 12.0 Å². The molecule has 1 aliphatic heterocycles. The number of nitrogens with one attached hydrogen (secondary N) is 4. The van der Waals surface area contributed by atoms with Crippen molar-refractivity contribution in [3.63, 3.8) is 0 Å². The van der Waals surface area contributed by atoms with Crippen LogP contribution in [-0.4, -0.2) is 80.7 Å². The van der Waals surface area contributed by atoms with E-state index in [0.29, 0.717) is 36.1 Å². The van der Waals surface area contributed by atoms with Crippen molar-refractivity contribution < 1.29 is 14.0 Å². The molecular formula is C47H58N15O2+. The van der Waals surface area contributed by atoms with Crippen molar-refractivity contribution in [3.8, 4) is 12.0 Å². The Morgan fingerprint density at radius 2 is 1.41 bits per heavy atom. The van der Waals surface area contributed by atoms with E-state index in [1.807, 2.05) is 24.7 Å². The quantitative estimate of drug-likeness (QED) is 0.0706. The molecule has 0 bridgehead atoms. The number of aromatic nitrogens is 11. The zero-order valence-electron chi connectivity index (χ0n) is 37.2. The molecule has 7 heterocycles. The Morgan fingerprint density at radius 3 is 2.12 bits per heavy atom. The molecule has 2 aliphatic rings. The number of H-pyrrole nitrogens is 1. The van der Waals surface area contributed by atoms with Crippen molar-refractivity contribution in [3.05, 3.63) is 95.6 Å². The lowest BCUT2D eigenvalue weighted by molar-refractivity contribution is -0.673. The lowest BCUT2D eigenvalue weighted by Crippen LogP contribution is -2.37. The summed E-state index contributed by atoms with van der Waals surface area (Å²) in [5, 5.41) is 30.0. The Hall–Kier alpha value is -6.46. The lowest BCUT2D eigenvalue weighted by Gasteiger charge is -2.26. The normalized spacial score (nSPS) is 19.6. The monoisotopic (exact) mass is 864 g/mol. The molecule has 17 nitrogen and oxygen atoms in total. The van der Waals surface area contributed by atoms with Crippen LogP contribution in [-0.2, 0) is 6.54 Å². The zero-order chi connectivity index (χ0) is 43.9. The van der Waals surface area contributed by atoms with Crippen molar-refractivity contribution in [2.75, 3.05) is 23.7 Å². The Balaban J connectivity index is 0.940. The minimum Gasteiger partial charge on any atom is -0.460 e. The SMILES string of the molecule is CC(C)c1cnn2c(NC(C)c3cccc4c3ccc[n+]4CC(C)c3cnn4c(NC(C)c5cccc6cn[nH]c56)nc(OC5CCCNC5)nc34)nc(OC3CCC(N)CC3)nc12. The molecule has 10 rings (SSSR count). The summed E-state index contributed by atoms with van der Waals surface area (Å²) in [5.41, 5.74) is 14.0. The van der Waals surface area contributed by atoms with E-state index in [9.17, 15) is 0 Å². The third kappa shape index (κ3) is 8.25. The molecule has 0 spiro atoms. The summed E-state index contributed by atoms with van der Waals surface area (Å²) in [7, 11) is 0. The van der Waals surface area contributed by atoms with Gasteiger partial charge in [0.2, 0.25) is 17.4 Å². The van der Waals surface area contributed by atoms with Crippen molar-refractivity contribution >= 4 is 45.0 Å². The summed E-state index contributed by atoms with van der Waals surface area (Å²) < 4.78 is 18.8. The molecule has 1 saturated heterocycles. The summed E-state index contributed by atoms with van der Waals surface area (Å²) in [6, 6.07) is 17.6. The number of pyridine rings is 1. The van der Waals surface area contributed by atoms with Gasteiger partial charge in [-0.05, 0) is 82.0 Å². The molecule has 4 unspecified atom stereocenters. The standard InChI is InChI=1S/C47H58N15O2/c1-27(2)38-24-51-61-42(38)55-46(63-33-18-16-32(48)17-19-33)57-44(61)53-29(4)35-12-7-15-40-37(35)14-9-21-60(40)26-28(3)39-25-52-62-43(39)56-47(64-34-11-8-20-49-23-34)58-45(62)54-30(5)36-13-6-10-31-22-50-59-41(31)36/h6-7,9-10,12-15,21-22,24-25,27-30,32-34,49H,8,11,16-20,23,26,48H2,1-5H3,(H,50,59)(H,53,55,57)(H,54,56,58)/q+1. The number of piperidine rings is 1. The molecule has 6 N–H and O–H groups in total.